The first kappa shape index (κ1) is 14.6. The van der Waals surface area contributed by atoms with Crippen molar-refractivity contribution in [3.8, 4) is 0 Å². The Balaban J connectivity index is 2.34. The highest BCUT2D eigenvalue weighted by Gasteiger charge is 2.00. The van der Waals surface area contributed by atoms with Gasteiger partial charge in [0, 0.05) is 5.56 Å². The van der Waals surface area contributed by atoms with Crippen LogP contribution < -0.4 is 11.6 Å². The van der Waals surface area contributed by atoms with Crippen LogP contribution in [0.3, 0.4) is 0 Å². The van der Waals surface area contributed by atoms with E-state index in [-0.39, 0.29) is 0 Å². The number of rotatable bonds is 8. The Morgan fingerprint density at radius 1 is 1.11 bits per heavy atom. The van der Waals surface area contributed by atoms with E-state index in [9.17, 15) is 0 Å². The largest absolute Gasteiger partial charge is 0.382 e. The summed E-state index contributed by atoms with van der Waals surface area (Å²) in [4.78, 5) is 0. The van der Waals surface area contributed by atoms with E-state index < -0.39 is 0 Å². The lowest BCUT2D eigenvalue weighted by atomic mass is 10.0. The summed E-state index contributed by atoms with van der Waals surface area (Å²) in [6.07, 6.45) is 9.04. The fourth-order valence-corrected chi connectivity index (χ4v) is 2.07. The van der Waals surface area contributed by atoms with E-state index in [0.717, 1.165) is 12.0 Å². The molecule has 0 saturated heterocycles. The lowest BCUT2D eigenvalue weighted by Crippen LogP contribution is -2.15. The van der Waals surface area contributed by atoms with Crippen LogP contribution in [0.15, 0.2) is 29.4 Å². The molecular formula is C15H25N3. The number of benzene rings is 1. The molecule has 1 aromatic rings. The zero-order chi connectivity index (χ0) is 13.2. The van der Waals surface area contributed by atoms with E-state index in [4.69, 9.17) is 11.6 Å². The van der Waals surface area contributed by atoms with Crippen LogP contribution in [0.1, 0.15) is 56.6 Å². The van der Waals surface area contributed by atoms with Crippen LogP contribution in [0.5, 0.6) is 0 Å². The van der Waals surface area contributed by atoms with Gasteiger partial charge in [-0.1, -0.05) is 57.2 Å². The number of nitrogens with zero attached hydrogens (tertiary/aromatic N) is 1. The minimum Gasteiger partial charge on any atom is -0.382 e. The Kier molecular flexibility index (Phi) is 6.92. The highest BCUT2D eigenvalue weighted by molar-refractivity contribution is 5.97. The molecule has 1 aromatic carbocycles. The first-order valence-electron chi connectivity index (χ1n) is 6.90. The molecule has 0 aliphatic heterocycles. The third kappa shape index (κ3) is 5.21. The van der Waals surface area contributed by atoms with Crippen LogP contribution in [0.2, 0.25) is 0 Å². The zero-order valence-corrected chi connectivity index (χ0v) is 11.4. The zero-order valence-electron chi connectivity index (χ0n) is 11.4. The van der Waals surface area contributed by atoms with Gasteiger partial charge in [-0.15, -0.1) is 0 Å². The maximum atomic E-state index is 5.70. The molecule has 0 saturated carbocycles. The molecule has 3 nitrogen and oxygen atoms in total. The van der Waals surface area contributed by atoms with Gasteiger partial charge in [0.25, 0.3) is 0 Å². The molecule has 18 heavy (non-hydrogen) atoms. The standard InChI is InChI=1S/C15H25N3/c1-2-3-4-5-6-7-9-13-10-8-11-14(12-13)15(16)18-17/h8,10-12H,2-7,9,17H2,1H3,(H2,16,18). The average molecular weight is 247 g/mol. The van der Waals surface area contributed by atoms with Crippen LogP contribution in [-0.2, 0) is 6.42 Å². The molecule has 0 aromatic heterocycles. The van der Waals surface area contributed by atoms with Gasteiger partial charge in [0.2, 0.25) is 0 Å². The van der Waals surface area contributed by atoms with Gasteiger partial charge in [-0.05, 0) is 24.5 Å². The number of aryl methyl sites for hydroxylation is 1. The van der Waals surface area contributed by atoms with E-state index in [0.29, 0.717) is 5.84 Å². The van der Waals surface area contributed by atoms with Crippen LogP contribution in [0.4, 0.5) is 0 Å². The second kappa shape index (κ2) is 8.56. The highest BCUT2D eigenvalue weighted by Crippen LogP contribution is 2.11. The van der Waals surface area contributed by atoms with Gasteiger partial charge in [-0.3, -0.25) is 0 Å². The molecule has 0 bridgehead atoms. The molecule has 0 unspecified atom stereocenters. The summed E-state index contributed by atoms with van der Waals surface area (Å²) in [6.45, 7) is 2.24. The van der Waals surface area contributed by atoms with Crippen molar-refractivity contribution in [1.29, 1.82) is 0 Å². The Hall–Kier alpha value is -1.51. The number of nitrogens with two attached hydrogens (primary N) is 2. The Morgan fingerprint density at radius 2 is 1.83 bits per heavy atom. The van der Waals surface area contributed by atoms with Gasteiger partial charge >= 0.3 is 0 Å². The van der Waals surface area contributed by atoms with Crippen molar-refractivity contribution in [1.82, 2.24) is 0 Å². The number of hydrogen-bond donors (Lipinski definition) is 2. The van der Waals surface area contributed by atoms with E-state index in [1.807, 2.05) is 12.1 Å². The first-order valence-corrected chi connectivity index (χ1v) is 6.90. The maximum Gasteiger partial charge on any atom is 0.150 e. The van der Waals surface area contributed by atoms with Crippen molar-refractivity contribution in [2.45, 2.75) is 51.9 Å². The first-order chi connectivity index (χ1) is 8.77. The quantitative estimate of drug-likeness (QED) is 0.244. The van der Waals surface area contributed by atoms with E-state index in [1.165, 1.54) is 44.1 Å². The summed E-state index contributed by atoms with van der Waals surface area (Å²) in [5.74, 6) is 5.59. The molecule has 0 spiro atoms. The Morgan fingerprint density at radius 3 is 2.56 bits per heavy atom. The lowest BCUT2D eigenvalue weighted by molar-refractivity contribution is 0.607. The molecule has 0 aliphatic rings. The third-order valence-corrected chi connectivity index (χ3v) is 3.18. The van der Waals surface area contributed by atoms with Crippen LogP contribution in [-0.4, -0.2) is 5.84 Å². The average Bonchev–Trinajstić information content (AvgIpc) is 2.42. The number of hydrogen-bond acceptors (Lipinski definition) is 2. The maximum absolute atomic E-state index is 5.70. The van der Waals surface area contributed by atoms with Gasteiger partial charge in [-0.25, -0.2) is 0 Å². The molecule has 0 amide bonds. The van der Waals surface area contributed by atoms with Crippen molar-refractivity contribution in [2.24, 2.45) is 16.7 Å². The van der Waals surface area contributed by atoms with Crippen molar-refractivity contribution in [2.75, 3.05) is 0 Å². The summed E-state index contributed by atoms with van der Waals surface area (Å²) in [7, 11) is 0. The van der Waals surface area contributed by atoms with Gasteiger partial charge in [0.05, 0.1) is 0 Å². The molecule has 0 aliphatic carbocycles. The molecule has 0 heterocycles. The molecule has 0 atom stereocenters. The smallest absolute Gasteiger partial charge is 0.150 e. The summed E-state index contributed by atoms with van der Waals surface area (Å²) >= 11 is 0. The SMILES string of the molecule is CCCCCCCCc1cccc(/C(N)=N/N)c1. The number of amidine groups is 1. The van der Waals surface area contributed by atoms with Crippen molar-refractivity contribution < 1.29 is 0 Å². The summed E-state index contributed by atoms with van der Waals surface area (Å²) < 4.78 is 0. The van der Waals surface area contributed by atoms with Crippen molar-refractivity contribution in [3.63, 3.8) is 0 Å². The summed E-state index contributed by atoms with van der Waals surface area (Å²) in [6, 6.07) is 8.17. The number of hydrazone groups is 1. The molecule has 0 fully saturated rings. The van der Waals surface area contributed by atoms with Gasteiger partial charge in [-0.2, -0.15) is 5.10 Å². The van der Waals surface area contributed by atoms with E-state index in [1.54, 1.807) is 0 Å². The molecule has 100 valence electrons. The molecule has 0 radical (unpaired) electrons. The van der Waals surface area contributed by atoms with E-state index >= 15 is 0 Å². The fraction of sp³-hybridized carbons (Fsp3) is 0.533. The fourth-order valence-electron chi connectivity index (χ4n) is 2.07. The van der Waals surface area contributed by atoms with Crippen LogP contribution in [0, 0.1) is 0 Å². The second-order valence-corrected chi connectivity index (χ2v) is 4.73. The third-order valence-electron chi connectivity index (χ3n) is 3.18. The molecular weight excluding hydrogens is 222 g/mol. The van der Waals surface area contributed by atoms with Gasteiger partial charge in [0.1, 0.15) is 5.84 Å². The Bertz CT molecular complexity index is 372. The van der Waals surface area contributed by atoms with Crippen LogP contribution in [0.25, 0.3) is 0 Å². The summed E-state index contributed by atoms with van der Waals surface area (Å²) in [5.41, 5.74) is 7.93. The highest BCUT2D eigenvalue weighted by atomic mass is 15.1. The van der Waals surface area contributed by atoms with E-state index in [2.05, 4.69) is 24.2 Å². The predicted molar refractivity (Wildman–Crippen MR) is 78.4 cm³/mol. The summed E-state index contributed by atoms with van der Waals surface area (Å²) in [5, 5.41) is 3.52. The normalized spacial score (nSPS) is 11.7. The molecule has 4 N–H and O–H groups in total. The predicted octanol–water partition coefficient (Wildman–Crippen LogP) is 3.17. The van der Waals surface area contributed by atoms with Crippen molar-refractivity contribution in [3.05, 3.63) is 35.4 Å². The van der Waals surface area contributed by atoms with Crippen LogP contribution >= 0.6 is 0 Å². The minimum absolute atomic E-state index is 0.403. The molecule has 1 rings (SSSR count). The topological polar surface area (TPSA) is 64.4 Å². The minimum atomic E-state index is 0.403. The monoisotopic (exact) mass is 247 g/mol. The van der Waals surface area contributed by atoms with Gasteiger partial charge in [0.15, 0.2) is 0 Å². The Labute approximate surface area is 110 Å². The second-order valence-electron chi connectivity index (χ2n) is 4.73. The van der Waals surface area contributed by atoms with Crippen molar-refractivity contribution >= 4 is 5.84 Å². The lowest BCUT2D eigenvalue weighted by Gasteiger charge is -2.05. The number of unbranched alkanes of at least 4 members (excludes halogenated alkanes) is 5. The van der Waals surface area contributed by atoms with Gasteiger partial charge < -0.3 is 11.6 Å². The molecule has 3 heteroatoms.